The van der Waals surface area contributed by atoms with Gasteiger partial charge >= 0.3 is 11.6 Å². The zero-order chi connectivity index (χ0) is 17.1. The van der Waals surface area contributed by atoms with Crippen LogP contribution in [0.4, 0.5) is 0 Å². The van der Waals surface area contributed by atoms with Crippen molar-refractivity contribution < 1.29 is 18.7 Å². The Morgan fingerprint density at radius 3 is 2.75 bits per heavy atom. The van der Waals surface area contributed by atoms with E-state index in [2.05, 4.69) is 15.9 Å². The smallest absolute Gasteiger partial charge is 0.349 e. The van der Waals surface area contributed by atoms with Gasteiger partial charge in [-0.15, -0.1) is 0 Å². The van der Waals surface area contributed by atoms with Crippen molar-refractivity contribution in [3.8, 4) is 11.5 Å². The summed E-state index contributed by atoms with van der Waals surface area (Å²) >= 11 is 3.33. The molecule has 0 spiro atoms. The van der Waals surface area contributed by atoms with Crippen LogP contribution in [-0.2, 0) is 4.79 Å². The molecule has 0 radical (unpaired) electrons. The average molecular weight is 389 g/mol. The summed E-state index contributed by atoms with van der Waals surface area (Å²) in [6.07, 6.45) is 0. The minimum absolute atomic E-state index is 0.230. The first-order chi connectivity index (χ1) is 11.5. The first-order valence-electron chi connectivity index (χ1n) is 7.15. The highest BCUT2D eigenvalue weighted by atomic mass is 79.9. The Morgan fingerprint density at radius 1 is 1.12 bits per heavy atom. The molecule has 2 aromatic carbocycles. The normalized spacial score (nSPS) is 10.6. The molecular weight excluding hydrogens is 376 g/mol. The third-order valence-electron chi connectivity index (χ3n) is 3.31. The summed E-state index contributed by atoms with van der Waals surface area (Å²) in [7, 11) is 0. The number of halogens is 1. The van der Waals surface area contributed by atoms with E-state index in [0.717, 1.165) is 15.4 Å². The van der Waals surface area contributed by atoms with E-state index in [-0.39, 0.29) is 6.61 Å². The van der Waals surface area contributed by atoms with Crippen LogP contribution in [0.1, 0.15) is 5.56 Å². The fraction of sp³-hybridized carbons (Fsp3) is 0.111. The van der Waals surface area contributed by atoms with E-state index < -0.39 is 11.6 Å². The summed E-state index contributed by atoms with van der Waals surface area (Å²) in [6, 6.07) is 13.5. The molecule has 0 N–H and O–H groups in total. The van der Waals surface area contributed by atoms with E-state index in [9.17, 15) is 9.59 Å². The first kappa shape index (κ1) is 16.3. The van der Waals surface area contributed by atoms with Crippen molar-refractivity contribution >= 4 is 32.9 Å². The zero-order valence-corrected chi connectivity index (χ0v) is 14.3. The largest absolute Gasteiger partial charge is 0.482 e. The molecule has 0 fully saturated rings. The minimum Gasteiger partial charge on any atom is -0.482 e. The number of hydrogen-bond acceptors (Lipinski definition) is 5. The average Bonchev–Trinajstić information content (AvgIpc) is 2.52. The van der Waals surface area contributed by atoms with Gasteiger partial charge in [0, 0.05) is 22.0 Å². The topological polar surface area (TPSA) is 65.7 Å². The second-order valence-corrected chi connectivity index (χ2v) is 6.04. The molecule has 5 nitrogen and oxygen atoms in total. The Hall–Kier alpha value is -2.60. The van der Waals surface area contributed by atoms with Crippen LogP contribution >= 0.6 is 15.9 Å². The van der Waals surface area contributed by atoms with E-state index in [4.69, 9.17) is 13.9 Å². The minimum atomic E-state index is -0.552. The maximum absolute atomic E-state index is 11.9. The number of fused-ring (bicyclic) bond motifs is 1. The molecule has 0 saturated heterocycles. The van der Waals surface area contributed by atoms with Crippen molar-refractivity contribution in [1.82, 2.24) is 0 Å². The van der Waals surface area contributed by atoms with Gasteiger partial charge in [-0.1, -0.05) is 22.0 Å². The molecule has 122 valence electrons. The van der Waals surface area contributed by atoms with E-state index in [1.165, 1.54) is 12.1 Å². The van der Waals surface area contributed by atoms with Gasteiger partial charge in [0.05, 0.1) is 0 Å². The van der Waals surface area contributed by atoms with E-state index >= 15 is 0 Å². The second-order valence-electron chi connectivity index (χ2n) is 5.13. The van der Waals surface area contributed by atoms with Crippen LogP contribution in [0.15, 0.2) is 62.2 Å². The lowest BCUT2D eigenvalue weighted by molar-refractivity contribution is -0.136. The van der Waals surface area contributed by atoms with Gasteiger partial charge in [-0.3, -0.25) is 0 Å². The lowest BCUT2D eigenvalue weighted by Crippen LogP contribution is -2.17. The van der Waals surface area contributed by atoms with E-state index in [1.807, 2.05) is 13.0 Å². The highest BCUT2D eigenvalue weighted by molar-refractivity contribution is 9.10. The van der Waals surface area contributed by atoms with Crippen LogP contribution < -0.4 is 15.1 Å². The van der Waals surface area contributed by atoms with Crippen LogP contribution in [0.3, 0.4) is 0 Å². The number of carbonyl (C=O) groups is 1. The Labute approximate surface area is 145 Å². The summed E-state index contributed by atoms with van der Waals surface area (Å²) in [5.74, 6) is 0.296. The molecule has 0 amide bonds. The summed E-state index contributed by atoms with van der Waals surface area (Å²) in [4.78, 5) is 23.3. The van der Waals surface area contributed by atoms with Crippen molar-refractivity contribution in [3.63, 3.8) is 0 Å². The summed E-state index contributed by atoms with van der Waals surface area (Å²) in [5, 5.41) is 0.791. The molecule has 1 heterocycles. The molecule has 0 aliphatic heterocycles. The van der Waals surface area contributed by atoms with Gasteiger partial charge in [-0.05, 0) is 42.8 Å². The molecule has 3 rings (SSSR count). The Kier molecular flexibility index (Phi) is 4.66. The Morgan fingerprint density at radius 2 is 1.96 bits per heavy atom. The van der Waals surface area contributed by atoms with Gasteiger partial charge in [0.15, 0.2) is 6.61 Å². The molecule has 3 aromatic rings. The van der Waals surface area contributed by atoms with Crippen molar-refractivity contribution in [3.05, 3.63) is 69.0 Å². The molecule has 6 heteroatoms. The van der Waals surface area contributed by atoms with Crippen molar-refractivity contribution in [2.24, 2.45) is 0 Å². The van der Waals surface area contributed by atoms with E-state index in [0.29, 0.717) is 17.1 Å². The number of esters is 1. The quantitative estimate of drug-likeness (QED) is 0.385. The Bertz CT molecular complexity index is 961. The van der Waals surface area contributed by atoms with Crippen LogP contribution in [0.2, 0.25) is 0 Å². The van der Waals surface area contributed by atoms with Crippen molar-refractivity contribution in [2.45, 2.75) is 6.92 Å². The maximum atomic E-state index is 11.9. The molecule has 0 aliphatic carbocycles. The van der Waals surface area contributed by atoms with Gasteiger partial charge in [0.2, 0.25) is 0 Å². The van der Waals surface area contributed by atoms with E-state index in [1.54, 1.807) is 30.3 Å². The van der Waals surface area contributed by atoms with Crippen LogP contribution in [0, 0.1) is 6.92 Å². The molecule has 0 saturated carbocycles. The number of aryl methyl sites for hydroxylation is 1. The van der Waals surface area contributed by atoms with Gasteiger partial charge in [-0.2, -0.15) is 0 Å². The molecule has 24 heavy (non-hydrogen) atoms. The van der Waals surface area contributed by atoms with Crippen LogP contribution in [0.5, 0.6) is 11.5 Å². The Balaban J connectivity index is 1.70. The molecule has 0 unspecified atom stereocenters. The van der Waals surface area contributed by atoms with Gasteiger partial charge in [-0.25, -0.2) is 9.59 Å². The number of carbonyl (C=O) groups excluding carboxylic acids is 1. The molecule has 1 aromatic heterocycles. The summed E-state index contributed by atoms with van der Waals surface area (Å²) in [5.41, 5.74) is 0.733. The third-order valence-corrected chi connectivity index (χ3v) is 3.80. The lowest BCUT2D eigenvalue weighted by Gasteiger charge is -2.08. The molecular formula is C18H13BrO5. The predicted octanol–water partition coefficient (Wildman–Crippen LogP) is 3.85. The SMILES string of the molecule is Cc1cc(=O)oc2cc(OC(=O)COc3cccc(Br)c3)ccc12. The summed E-state index contributed by atoms with van der Waals surface area (Å²) < 4.78 is 16.6. The second kappa shape index (κ2) is 6.88. The van der Waals surface area contributed by atoms with Gasteiger partial charge < -0.3 is 13.9 Å². The fourth-order valence-corrected chi connectivity index (χ4v) is 2.61. The standard InChI is InChI=1S/C18H13BrO5/c1-11-7-17(20)24-16-9-14(5-6-15(11)16)23-18(21)10-22-13-4-2-3-12(19)8-13/h2-9H,10H2,1H3. The maximum Gasteiger partial charge on any atom is 0.349 e. The van der Waals surface area contributed by atoms with Crippen LogP contribution in [-0.4, -0.2) is 12.6 Å². The number of ether oxygens (including phenoxy) is 2. The van der Waals surface area contributed by atoms with Gasteiger partial charge in [0.25, 0.3) is 0 Å². The zero-order valence-electron chi connectivity index (χ0n) is 12.7. The third kappa shape index (κ3) is 3.83. The number of hydrogen-bond donors (Lipinski definition) is 0. The monoisotopic (exact) mass is 388 g/mol. The summed E-state index contributed by atoms with van der Waals surface area (Å²) in [6.45, 7) is 1.59. The van der Waals surface area contributed by atoms with Crippen molar-refractivity contribution in [2.75, 3.05) is 6.61 Å². The van der Waals surface area contributed by atoms with Crippen LogP contribution in [0.25, 0.3) is 11.0 Å². The highest BCUT2D eigenvalue weighted by Crippen LogP contribution is 2.22. The highest BCUT2D eigenvalue weighted by Gasteiger charge is 2.09. The lowest BCUT2D eigenvalue weighted by atomic mass is 10.1. The number of benzene rings is 2. The molecule has 0 bridgehead atoms. The number of rotatable bonds is 4. The van der Waals surface area contributed by atoms with Gasteiger partial charge in [0.1, 0.15) is 17.1 Å². The van der Waals surface area contributed by atoms with Crippen molar-refractivity contribution in [1.29, 1.82) is 0 Å². The predicted molar refractivity (Wildman–Crippen MR) is 92.5 cm³/mol. The first-order valence-corrected chi connectivity index (χ1v) is 7.94. The fourth-order valence-electron chi connectivity index (χ4n) is 2.23. The molecule has 0 atom stereocenters. The molecule has 0 aliphatic rings.